The molecule has 0 fully saturated rings. The Morgan fingerprint density at radius 3 is 2.89 bits per heavy atom. The number of rotatable bonds is 3. The summed E-state index contributed by atoms with van der Waals surface area (Å²) in [5.41, 5.74) is 0.886. The SMILES string of the molecule is CCOC(=O)c1cc2cccc(OC)c2nc1Cl. The number of para-hydroxylation sites is 1. The van der Waals surface area contributed by atoms with Gasteiger partial charge in [0.2, 0.25) is 0 Å². The van der Waals surface area contributed by atoms with Gasteiger partial charge in [-0.25, -0.2) is 9.78 Å². The summed E-state index contributed by atoms with van der Waals surface area (Å²) in [6.07, 6.45) is 0. The molecule has 0 radical (unpaired) electrons. The monoisotopic (exact) mass is 265 g/mol. The summed E-state index contributed by atoms with van der Waals surface area (Å²) >= 11 is 6.00. The highest BCUT2D eigenvalue weighted by Crippen LogP contribution is 2.27. The predicted octanol–water partition coefficient (Wildman–Crippen LogP) is 3.07. The third-order valence-electron chi connectivity index (χ3n) is 2.48. The summed E-state index contributed by atoms with van der Waals surface area (Å²) in [6, 6.07) is 7.11. The van der Waals surface area contributed by atoms with Gasteiger partial charge in [0.05, 0.1) is 19.3 Å². The van der Waals surface area contributed by atoms with Crippen molar-refractivity contribution >= 4 is 28.5 Å². The first-order chi connectivity index (χ1) is 8.67. The van der Waals surface area contributed by atoms with E-state index in [1.165, 1.54) is 0 Å². The van der Waals surface area contributed by atoms with Crippen molar-refractivity contribution < 1.29 is 14.3 Å². The lowest BCUT2D eigenvalue weighted by Gasteiger charge is -2.08. The van der Waals surface area contributed by atoms with Crippen LogP contribution in [0, 0.1) is 0 Å². The van der Waals surface area contributed by atoms with Crippen molar-refractivity contribution in [3.05, 3.63) is 35.0 Å². The molecule has 0 aliphatic heterocycles. The Balaban J connectivity index is 2.59. The maximum absolute atomic E-state index is 11.7. The molecule has 18 heavy (non-hydrogen) atoms. The highest BCUT2D eigenvalue weighted by Gasteiger charge is 2.15. The Labute approximate surface area is 109 Å². The van der Waals surface area contributed by atoms with Gasteiger partial charge in [-0.05, 0) is 19.1 Å². The van der Waals surface area contributed by atoms with Crippen molar-refractivity contribution in [2.24, 2.45) is 0 Å². The van der Waals surface area contributed by atoms with Crippen LogP contribution >= 0.6 is 11.6 Å². The van der Waals surface area contributed by atoms with Crippen LogP contribution in [0.4, 0.5) is 0 Å². The molecule has 1 aromatic carbocycles. The number of hydrogen-bond donors (Lipinski definition) is 0. The zero-order chi connectivity index (χ0) is 13.1. The first-order valence-corrected chi connectivity index (χ1v) is 5.85. The Bertz CT molecular complexity index is 598. The number of pyridine rings is 1. The summed E-state index contributed by atoms with van der Waals surface area (Å²) in [4.78, 5) is 15.9. The molecule has 0 bridgehead atoms. The molecule has 0 saturated heterocycles. The minimum absolute atomic E-state index is 0.116. The Morgan fingerprint density at radius 1 is 1.44 bits per heavy atom. The van der Waals surface area contributed by atoms with Gasteiger partial charge in [0.1, 0.15) is 16.4 Å². The van der Waals surface area contributed by atoms with E-state index in [0.29, 0.717) is 17.9 Å². The molecule has 0 atom stereocenters. The maximum Gasteiger partial charge on any atom is 0.341 e. The van der Waals surface area contributed by atoms with Gasteiger partial charge in [-0.1, -0.05) is 23.7 Å². The lowest BCUT2D eigenvalue weighted by Crippen LogP contribution is -2.06. The molecule has 0 saturated carbocycles. The molecular weight excluding hydrogens is 254 g/mol. The number of hydrogen-bond acceptors (Lipinski definition) is 4. The number of nitrogens with zero attached hydrogens (tertiary/aromatic N) is 1. The lowest BCUT2D eigenvalue weighted by atomic mass is 10.1. The number of fused-ring (bicyclic) bond motifs is 1. The first kappa shape index (κ1) is 12.6. The van der Waals surface area contributed by atoms with E-state index in [1.807, 2.05) is 12.1 Å². The van der Waals surface area contributed by atoms with E-state index in [1.54, 1.807) is 26.2 Å². The van der Waals surface area contributed by atoms with E-state index >= 15 is 0 Å². The molecule has 4 nitrogen and oxygen atoms in total. The summed E-state index contributed by atoms with van der Waals surface area (Å²) in [7, 11) is 1.56. The van der Waals surface area contributed by atoms with Gasteiger partial charge in [0.15, 0.2) is 0 Å². The average molecular weight is 266 g/mol. The smallest absolute Gasteiger partial charge is 0.341 e. The van der Waals surface area contributed by atoms with Crippen LogP contribution in [0.2, 0.25) is 5.15 Å². The topological polar surface area (TPSA) is 48.4 Å². The molecule has 0 spiro atoms. The summed E-state index contributed by atoms with van der Waals surface area (Å²) in [6.45, 7) is 2.04. The second-order valence-electron chi connectivity index (χ2n) is 3.58. The van der Waals surface area contributed by atoms with Crippen molar-refractivity contribution in [2.45, 2.75) is 6.92 Å². The van der Waals surface area contributed by atoms with Crippen LogP contribution in [0.5, 0.6) is 5.75 Å². The van der Waals surface area contributed by atoms with Crippen LogP contribution in [0.3, 0.4) is 0 Å². The summed E-state index contributed by atoms with van der Waals surface area (Å²) in [5.74, 6) is 0.143. The molecule has 1 aromatic heterocycles. The van der Waals surface area contributed by atoms with E-state index in [9.17, 15) is 4.79 Å². The van der Waals surface area contributed by atoms with E-state index < -0.39 is 5.97 Å². The van der Waals surface area contributed by atoms with Gasteiger partial charge in [0.25, 0.3) is 0 Å². The van der Waals surface area contributed by atoms with Gasteiger partial charge in [0, 0.05) is 5.39 Å². The third-order valence-corrected chi connectivity index (χ3v) is 2.77. The van der Waals surface area contributed by atoms with Crippen LogP contribution in [-0.4, -0.2) is 24.7 Å². The number of carbonyl (C=O) groups is 1. The number of esters is 1. The Kier molecular flexibility index (Phi) is 3.67. The molecule has 2 rings (SSSR count). The number of methoxy groups -OCH3 is 1. The molecule has 5 heteroatoms. The summed E-state index contributed by atoms with van der Waals surface area (Å²) in [5, 5.41) is 0.896. The maximum atomic E-state index is 11.7. The number of ether oxygens (including phenoxy) is 2. The van der Waals surface area contributed by atoms with Gasteiger partial charge < -0.3 is 9.47 Å². The standard InChI is InChI=1S/C13H12ClNO3/c1-3-18-13(16)9-7-8-5-4-6-10(17-2)11(8)15-12(9)14/h4-7H,3H2,1-2H3. The molecule has 0 amide bonds. The van der Waals surface area contributed by atoms with Crippen LogP contribution in [0.25, 0.3) is 10.9 Å². The molecule has 94 valence electrons. The van der Waals surface area contributed by atoms with Crippen LogP contribution in [-0.2, 0) is 4.74 Å². The Hall–Kier alpha value is -1.81. The van der Waals surface area contributed by atoms with E-state index in [0.717, 1.165) is 5.39 Å². The third kappa shape index (κ3) is 2.24. The number of halogens is 1. The molecule has 1 heterocycles. The van der Waals surface area contributed by atoms with E-state index in [2.05, 4.69) is 4.98 Å². The van der Waals surface area contributed by atoms with Crippen LogP contribution < -0.4 is 4.74 Å². The minimum Gasteiger partial charge on any atom is -0.494 e. The summed E-state index contributed by atoms with van der Waals surface area (Å²) < 4.78 is 10.1. The normalized spacial score (nSPS) is 10.4. The highest BCUT2D eigenvalue weighted by atomic mass is 35.5. The number of benzene rings is 1. The van der Waals surface area contributed by atoms with Crippen LogP contribution in [0.15, 0.2) is 24.3 Å². The van der Waals surface area contributed by atoms with E-state index in [4.69, 9.17) is 21.1 Å². The number of carbonyl (C=O) groups excluding carboxylic acids is 1. The van der Waals surface area contributed by atoms with Crippen molar-refractivity contribution in [1.29, 1.82) is 0 Å². The van der Waals surface area contributed by atoms with Crippen molar-refractivity contribution in [1.82, 2.24) is 4.98 Å². The zero-order valence-electron chi connectivity index (χ0n) is 10.1. The second-order valence-corrected chi connectivity index (χ2v) is 3.94. The molecular formula is C13H12ClNO3. The highest BCUT2D eigenvalue weighted by molar-refractivity contribution is 6.33. The fraction of sp³-hybridized carbons (Fsp3) is 0.231. The van der Waals surface area contributed by atoms with Gasteiger partial charge in [-0.3, -0.25) is 0 Å². The zero-order valence-corrected chi connectivity index (χ0v) is 10.8. The first-order valence-electron chi connectivity index (χ1n) is 5.47. The fourth-order valence-electron chi connectivity index (χ4n) is 1.67. The Morgan fingerprint density at radius 2 is 2.22 bits per heavy atom. The molecule has 0 aliphatic carbocycles. The van der Waals surface area contributed by atoms with Gasteiger partial charge in [-0.15, -0.1) is 0 Å². The molecule has 0 aliphatic rings. The van der Waals surface area contributed by atoms with E-state index in [-0.39, 0.29) is 10.7 Å². The molecule has 0 N–H and O–H groups in total. The largest absolute Gasteiger partial charge is 0.494 e. The quantitative estimate of drug-likeness (QED) is 0.632. The van der Waals surface area contributed by atoms with Crippen molar-refractivity contribution in [3.8, 4) is 5.75 Å². The minimum atomic E-state index is -0.472. The van der Waals surface area contributed by atoms with Gasteiger partial charge >= 0.3 is 5.97 Å². The fourth-order valence-corrected chi connectivity index (χ4v) is 1.88. The van der Waals surface area contributed by atoms with Crippen LogP contribution in [0.1, 0.15) is 17.3 Å². The lowest BCUT2D eigenvalue weighted by molar-refractivity contribution is 0.0526. The number of aromatic nitrogens is 1. The average Bonchev–Trinajstić information content (AvgIpc) is 2.37. The van der Waals surface area contributed by atoms with Gasteiger partial charge in [-0.2, -0.15) is 0 Å². The van der Waals surface area contributed by atoms with Crippen molar-refractivity contribution in [3.63, 3.8) is 0 Å². The van der Waals surface area contributed by atoms with Crippen molar-refractivity contribution in [2.75, 3.05) is 13.7 Å². The second kappa shape index (κ2) is 5.23. The predicted molar refractivity (Wildman–Crippen MR) is 69.3 cm³/mol. The molecule has 2 aromatic rings. The molecule has 0 unspecified atom stereocenters.